The lowest BCUT2D eigenvalue weighted by Gasteiger charge is -2.30. The maximum Gasteiger partial charge on any atom is 0.319 e. The van der Waals surface area contributed by atoms with Crippen LogP contribution in [0.4, 0.5) is 14.9 Å². The SMILES string of the molecule is O=C(Nc1ccc(Cl)cc1)N[C@H]1CC[C@H](c2ccnc3ccc(F)cc32)CC1. The molecule has 3 aromatic rings. The summed E-state index contributed by atoms with van der Waals surface area (Å²) in [4.78, 5) is 16.6. The molecule has 1 heterocycles. The van der Waals surface area contributed by atoms with Crippen LogP contribution in [0.5, 0.6) is 0 Å². The van der Waals surface area contributed by atoms with Gasteiger partial charge < -0.3 is 10.6 Å². The van der Waals surface area contributed by atoms with Crippen molar-refractivity contribution in [3.05, 3.63) is 71.1 Å². The van der Waals surface area contributed by atoms with Gasteiger partial charge in [0.25, 0.3) is 0 Å². The lowest BCUT2D eigenvalue weighted by molar-refractivity contribution is 0.242. The average Bonchev–Trinajstić information content (AvgIpc) is 2.70. The number of pyridine rings is 1. The predicted octanol–water partition coefficient (Wildman–Crippen LogP) is 5.88. The molecular weight excluding hydrogens is 377 g/mol. The maximum atomic E-state index is 13.7. The van der Waals surface area contributed by atoms with Crippen molar-refractivity contribution in [2.24, 2.45) is 0 Å². The zero-order valence-electron chi connectivity index (χ0n) is 15.3. The van der Waals surface area contributed by atoms with Crippen molar-refractivity contribution in [2.45, 2.75) is 37.6 Å². The number of fused-ring (bicyclic) bond motifs is 1. The van der Waals surface area contributed by atoms with Gasteiger partial charge in [-0.05, 0) is 85.7 Å². The summed E-state index contributed by atoms with van der Waals surface area (Å²) in [6, 6.07) is 13.7. The van der Waals surface area contributed by atoms with E-state index in [1.807, 2.05) is 6.07 Å². The second-order valence-corrected chi connectivity index (χ2v) is 7.65. The summed E-state index contributed by atoms with van der Waals surface area (Å²) in [6.07, 6.45) is 5.46. The van der Waals surface area contributed by atoms with Crippen LogP contribution in [-0.4, -0.2) is 17.1 Å². The Balaban J connectivity index is 1.36. The standard InChI is InChI=1S/C22H21ClFN3O/c23-15-3-8-18(9-4-15)27-22(28)26-17-6-1-14(2-7-17)19-11-12-25-21-10-5-16(24)13-20(19)21/h3-5,8-14,17H,1-2,6-7H2,(H2,26,27,28)/t14-,17-. The van der Waals surface area contributed by atoms with Gasteiger partial charge in [-0.25, -0.2) is 9.18 Å². The molecule has 4 rings (SSSR count). The van der Waals surface area contributed by atoms with Gasteiger partial charge in [0.1, 0.15) is 5.82 Å². The van der Waals surface area contributed by atoms with Crippen LogP contribution in [0.3, 0.4) is 0 Å². The van der Waals surface area contributed by atoms with Crippen molar-refractivity contribution in [3.8, 4) is 0 Å². The molecule has 1 aliphatic rings. The van der Waals surface area contributed by atoms with Crippen molar-refractivity contribution in [1.29, 1.82) is 0 Å². The molecule has 0 aliphatic heterocycles. The van der Waals surface area contributed by atoms with E-state index >= 15 is 0 Å². The summed E-state index contributed by atoms with van der Waals surface area (Å²) in [5, 5.41) is 7.40. The predicted molar refractivity (Wildman–Crippen MR) is 110 cm³/mol. The molecule has 2 amide bonds. The van der Waals surface area contributed by atoms with Gasteiger partial charge in [-0.15, -0.1) is 0 Å². The first-order chi connectivity index (χ1) is 13.6. The van der Waals surface area contributed by atoms with Gasteiger partial charge in [-0.1, -0.05) is 11.6 Å². The van der Waals surface area contributed by atoms with Gasteiger partial charge in [0, 0.05) is 28.3 Å². The molecule has 2 aromatic carbocycles. The molecule has 0 radical (unpaired) electrons. The lowest BCUT2D eigenvalue weighted by Crippen LogP contribution is -2.39. The molecule has 6 heteroatoms. The van der Waals surface area contributed by atoms with Crippen molar-refractivity contribution in [2.75, 3.05) is 5.32 Å². The fourth-order valence-electron chi connectivity index (χ4n) is 3.93. The van der Waals surface area contributed by atoms with Crippen molar-refractivity contribution in [1.82, 2.24) is 10.3 Å². The molecule has 4 nitrogen and oxygen atoms in total. The maximum absolute atomic E-state index is 13.7. The Bertz CT molecular complexity index is 985. The van der Waals surface area contributed by atoms with E-state index in [0.29, 0.717) is 16.6 Å². The summed E-state index contributed by atoms with van der Waals surface area (Å²) >= 11 is 5.86. The summed E-state index contributed by atoms with van der Waals surface area (Å²) in [5.41, 5.74) is 2.68. The molecule has 0 unspecified atom stereocenters. The Hall–Kier alpha value is -2.66. The number of carbonyl (C=O) groups excluding carboxylic acids is 1. The lowest BCUT2D eigenvalue weighted by atomic mass is 9.80. The third kappa shape index (κ3) is 4.25. The van der Waals surface area contributed by atoms with E-state index in [2.05, 4.69) is 15.6 Å². The molecule has 0 saturated heterocycles. The van der Waals surface area contributed by atoms with Crippen LogP contribution in [-0.2, 0) is 0 Å². The van der Waals surface area contributed by atoms with Crippen molar-refractivity contribution >= 4 is 34.2 Å². The third-order valence-corrected chi connectivity index (χ3v) is 5.59. The summed E-state index contributed by atoms with van der Waals surface area (Å²) in [5.74, 6) is 0.112. The second kappa shape index (κ2) is 8.15. The summed E-state index contributed by atoms with van der Waals surface area (Å²) < 4.78 is 13.7. The highest BCUT2D eigenvalue weighted by atomic mass is 35.5. The average molecular weight is 398 g/mol. The minimum absolute atomic E-state index is 0.133. The van der Waals surface area contributed by atoms with E-state index in [1.165, 1.54) is 6.07 Å². The van der Waals surface area contributed by atoms with E-state index in [-0.39, 0.29) is 17.9 Å². The van der Waals surface area contributed by atoms with E-state index in [0.717, 1.165) is 42.1 Å². The second-order valence-electron chi connectivity index (χ2n) is 7.22. The normalized spacial score (nSPS) is 19.4. The fraction of sp³-hybridized carbons (Fsp3) is 0.273. The first-order valence-corrected chi connectivity index (χ1v) is 9.83. The third-order valence-electron chi connectivity index (χ3n) is 5.34. The molecule has 1 aliphatic carbocycles. The number of aromatic nitrogens is 1. The van der Waals surface area contributed by atoms with Crippen molar-refractivity contribution < 1.29 is 9.18 Å². The van der Waals surface area contributed by atoms with Gasteiger partial charge in [0.15, 0.2) is 0 Å². The molecule has 28 heavy (non-hydrogen) atoms. The number of halogens is 2. The molecule has 0 spiro atoms. The number of nitrogens with zero attached hydrogens (tertiary/aromatic N) is 1. The molecule has 0 bridgehead atoms. The smallest absolute Gasteiger partial charge is 0.319 e. The van der Waals surface area contributed by atoms with E-state index in [1.54, 1.807) is 42.6 Å². The van der Waals surface area contributed by atoms with Gasteiger partial charge in [0.2, 0.25) is 0 Å². The van der Waals surface area contributed by atoms with Crippen LogP contribution in [0, 0.1) is 5.82 Å². The minimum Gasteiger partial charge on any atom is -0.335 e. The Morgan fingerprint density at radius 1 is 1.04 bits per heavy atom. The highest BCUT2D eigenvalue weighted by Crippen LogP contribution is 2.36. The van der Waals surface area contributed by atoms with Gasteiger partial charge in [-0.2, -0.15) is 0 Å². The van der Waals surface area contributed by atoms with Crippen LogP contribution < -0.4 is 10.6 Å². The van der Waals surface area contributed by atoms with Crippen LogP contribution in [0.2, 0.25) is 5.02 Å². The number of anilines is 1. The number of nitrogens with one attached hydrogen (secondary N) is 2. The quantitative estimate of drug-likeness (QED) is 0.580. The van der Waals surface area contributed by atoms with Gasteiger partial charge >= 0.3 is 6.03 Å². The molecular formula is C22H21ClFN3O. The highest BCUT2D eigenvalue weighted by Gasteiger charge is 2.25. The number of urea groups is 1. The summed E-state index contributed by atoms with van der Waals surface area (Å²) in [6.45, 7) is 0. The number of rotatable bonds is 3. The fourth-order valence-corrected chi connectivity index (χ4v) is 4.06. The van der Waals surface area contributed by atoms with E-state index in [4.69, 9.17) is 11.6 Å². The number of amides is 2. The number of benzene rings is 2. The van der Waals surface area contributed by atoms with Gasteiger partial charge in [0.05, 0.1) is 5.52 Å². The molecule has 144 valence electrons. The molecule has 2 N–H and O–H groups in total. The van der Waals surface area contributed by atoms with Crippen LogP contribution in [0.1, 0.15) is 37.2 Å². The highest BCUT2D eigenvalue weighted by molar-refractivity contribution is 6.30. The molecule has 0 atom stereocenters. The van der Waals surface area contributed by atoms with Crippen LogP contribution in [0.15, 0.2) is 54.7 Å². The first-order valence-electron chi connectivity index (χ1n) is 9.46. The number of carbonyl (C=O) groups is 1. The Labute approximate surface area is 168 Å². The Morgan fingerprint density at radius 2 is 1.79 bits per heavy atom. The monoisotopic (exact) mass is 397 g/mol. The zero-order valence-corrected chi connectivity index (χ0v) is 16.0. The minimum atomic E-state index is -0.240. The van der Waals surface area contributed by atoms with E-state index < -0.39 is 0 Å². The molecule has 1 saturated carbocycles. The largest absolute Gasteiger partial charge is 0.335 e. The number of hydrogen-bond donors (Lipinski definition) is 2. The molecule has 1 fully saturated rings. The first kappa shape index (κ1) is 18.7. The van der Waals surface area contributed by atoms with Gasteiger partial charge in [-0.3, -0.25) is 4.98 Å². The zero-order chi connectivity index (χ0) is 19.5. The topological polar surface area (TPSA) is 54.0 Å². The summed E-state index contributed by atoms with van der Waals surface area (Å²) in [7, 11) is 0. The van der Waals surface area contributed by atoms with Crippen LogP contribution >= 0.6 is 11.6 Å². The number of hydrogen-bond acceptors (Lipinski definition) is 2. The molecule has 1 aromatic heterocycles. The Kier molecular flexibility index (Phi) is 5.44. The van der Waals surface area contributed by atoms with Crippen molar-refractivity contribution in [3.63, 3.8) is 0 Å². The Morgan fingerprint density at radius 3 is 2.54 bits per heavy atom. The van der Waals surface area contributed by atoms with E-state index in [9.17, 15) is 9.18 Å². The van der Waals surface area contributed by atoms with Crippen LogP contribution in [0.25, 0.3) is 10.9 Å².